The maximum Gasteiger partial charge on any atom is 0.156 e. The number of carbonyl (C=O) groups excluding carboxylic acids is 1. The first-order chi connectivity index (χ1) is 8.99. The van der Waals surface area contributed by atoms with Crippen molar-refractivity contribution in [2.75, 3.05) is 6.61 Å². The van der Waals surface area contributed by atoms with Crippen LogP contribution in [-0.4, -0.2) is 17.5 Å². The SMILES string of the molecule is C[C@]1(CO)CCC[C@@]2(C)C3=CC(=O)CCC3=CC[C@H]12. The van der Waals surface area contributed by atoms with E-state index in [-0.39, 0.29) is 23.2 Å². The van der Waals surface area contributed by atoms with Crippen molar-refractivity contribution < 1.29 is 9.90 Å². The van der Waals surface area contributed by atoms with Crippen LogP contribution in [0.5, 0.6) is 0 Å². The molecule has 104 valence electrons. The molecule has 0 aliphatic heterocycles. The largest absolute Gasteiger partial charge is 0.396 e. The van der Waals surface area contributed by atoms with Gasteiger partial charge in [-0.25, -0.2) is 0 Å². The summed E-state index contributed by atoms with van der Waals surface area (Å²) in [6.45, 7) is 4.80. The summed E-state index contributed by atoms with van der Waals surface area (Å²) in [4.78, 5) is 11.8. The van der Waals surface area contributed by atoms with Crippen LogP contribution >= 0.6 is 0 Å². The van der Waals surface area contributed by atoms with Crippen LogP contribution in [0.4, 0.5) is 0 Å². The van der Waals surface area contributed by atoms with E-state index >= 15 is 0 Å². The molecule has 3 aliphatic carbocycles. The molecule has 0 heterocycles. The first kappa shape index (κ1) is 13.1. The Morgan fingerprint density at radius 1 is 1.32 bits per heavy atom. The molecule has 1 saturated carbocycles. The summed E-state index contributed by atoms with van der Waals surface area (Å²) in [6, 6.07) is 0. The van der Waals surface area contributed by atoms with E-state index in [0.29, 0.717) is 12.3 Å². The van der Waals surface area contributed by atoms with E-state index in [2.05, 4.69) is 19.9 Å². The van der Waals surface area contributed by atoms with Gasteiger partial charge in [0.1, 0.15) is 0 Å². The lowest BCUT2D eigenvalue weighted by Crippen LogP contribution is -2.48. The molecule has 0 amide bonds. The summed E-state index contributed by atoms with van der Waals surface area (Å²) < 4.78 is 0. The second-order valence-corrected chi connectivity index (χ2v) is 7.13. The van der Waals surface area contributed by atoms with E-state index in [1.54, 1.807) is 0 Å². The van der Waals surface area contributed by atoms with Gasteiger partial charge in [0.25, 0.3) is 0 Å². The number of ketones is 1. The third-order valence-electron chi connectivity index (χ3n) is 5.92. The van der Waals surface area contributed by atoms with Gasteiger partial charge in [-0.2, -0.15) is 0 Å². The van der Waals surface area contributed by atoms with E-state index in [9.17, 15) is 9.90 Å². The molecule has 1 N–H and O–H groups in total. The molecule has 0 unspecified atom stereocenters. The normalized spacial score (nSPS) is 42.1. The first-order valence-corrected chi connectivity index (χ1v) is 7.55. The first-order valence-electron chi connectivity index (χ1n) is 7.55. The Morgan fingerprint density at radius 2 is 2.11 bits per heavy atom. The van der Waals surface area contributed by atoms with Gasteiger partial charge in [-0.1, -0.05) is 26.3 Å². The molecule has 2 heteroatoms. The Bertz CT molecular complexity index is 474. The van der Waals surface area contributed by atoms with Gasteiger partial charge in [0.15, 0.2) is 5.78 Å². The third kappa shape index (κ3) is 1.84. The lowest BCUT2D eigenvalue weighted by Gasteiger charge is -2.55. The minimum atomic E-state index is 0.0103. The molecular formula is C17H24O2. The van der Waals surface area contributed by atoms with Crippen molar-refractivity contribution in [2.45, 2.75) is 52.4 Å². The van der Waals surface area contributed by atoms with E-state index < -0.39 is 0 Å². The third-order valence-corrected chi connectivity index (χ3v) is 5.92. The summed E-state index contributed by atoms with van der Waals surface area (Å²) in [5, 5.41) is 9.84. The van der Waals surface area contributed by atoms with Crippen LogP contribution in [0, 0.1) is 16.7 Å². The second kappa shape index (κ2) is 4.31. The van der Waals surface area contributed by atoms with Gasteiger partial charge < -0.3 is 5.11 Å². The van der Waals surface area contributed by atoms with E-state index in [4.69, 9.17) is 0 Å². The fourth-order valence-electron chi connectivity index (χ4n) is 4.76. The molecule has 19 heavy (non-hydrogen) atoms. The number of hydrogen-bond acceptors (Lipinski definition) is 2. The fraction of sp³-hybridized carbons (Fsp3) is 0.706. The molecule has 0 aromatic heterocycles. The highest BCUT2D eigenvalue weighted by atomic mass is 16.3. The Kier molecular flexibility index (Phi) is 2.97. The number of aliphatic hydroxyl groups is 1. The van der Waals surface area contributed by atoms with Gasteiger partial charge in [-0.3, -0.25) is 4.79 Å². The molecule has 3 aliphatic rings. The van der Waals surface area contributed by atoms with Crippen LogP contribution in [0.3, 0.4) is 0 Å². The van der Waals surface area contributed by atoms with Gasteiger partial charge in [-0.05, 0) is 59.7 Å². The standard InChI is InChI=1S/C17H24O2/c1-16(11-18)8-3-9-17(2)14-10-13(19)6-4-12(14)5-7-15(16)17/h5,10,15,18H,3-4,6-9,11H2,1-2H3/t15-,16-,17+/m1/s1. The Labute approximate surface area is 115 Å². The van der Waals surface area contributed by atoms with Crippen molar-refractivity contribution in [1.29, 1.82) is 0 Å². The lowest BCUT2D eigenvalue weighted by molar-refractivity contribution is -0.115. The molecule has 2 nitrogen and oxygen atoms in total. The molecular weight excluding hydrogens is 236 g/mol. The van der Waals surface area contributed by atoms with Crippen LogP contribution < -0.4 is 0 Å². The van der Waals surface area contributed by atoms with Gasteiger partial charge in [-0.15, -0.1) is 0 Å². The summed E-state index contributed by atoms with van der Waals surface area (Å²) in [5.41, 5.74) is 2.80. The molecule has 0 aromatic rings. The summed E-state index contributed by atoms with van der Waals surface area (Å²) in [7, 11) is 0. The predicted molar refractivity (Wildman–Crippen MR) is 75.7 cm³/mol. The van der Waals surface area contributed by atoms with Crippen molar-refractivity contribution in [2.24, 2.45) is 16.7 Å². The Hall–Kier alpha value is -0.890. The quantitative estimate of drug-likeness (QED) is 0.784. The Morgan fingerprint density at radius 3 is 2.84 bits per heavy atom. The highest BCUT2D eigenvalue weighted by molar-refractivity contribution is 5.93. The Balaban J connectivity index is 2.08. The minimum Gasteiger partial charge on any atom is -0.396 e. The van der Waals surface area contributed by atoms with Crippen molar-refractivity contribution in [1.82, 2.24) is 0 Å². The van der Waals surface area contributed by atoms with Crippen molar-refractivity contribution in [3.8, 4) is 0 Å². The van der Waals surface area contributed by atoms with Crippen molar-refractivity contribution in [3.05, 3.63) is 23.3 Å². The maximum absolute atomic E-state index is 11.8. The zero-order chi connectivity index (χ0) is 13.7. The molecule has 1 fully saturated rings. The predicted octanol–water partition coefficient (Wildman–Crippen LogP) is 3.41. The number of hydrogen-bond donors (Lipinski definition) is 1. The molecule has 0 radical (unpaired) electrons. The van der Waals surface area contributed by atoms with Gasteiger partial charge in [0.05, 0.1) is 0 Å². The zero-order valence-corrected chi connectivity index (χ0v) is 12.0. The highest BCUT2D eigenvalue weighted by Gasteiger charge is 2.52. The monoisotopic (exact) mass is 260 g/mol. The van der Waals surface area contributed by atoms with Gasteiger partial charge >= 0.3 is 0 Å². The maximum atomic E-state index is 11.8. The fourth-order valence-corrected chi connectivity index (χ4v) is 4.76. The second-order valence-electron chi connectivity index (χ2n) is 7.13. The van der Waals surface area contributed by atoms with Crippen LogP contribution in [0.15, 0.2) is 23.3 Å². The van der Waals surface area contributed by atoms with Crippen LogP contribution in [0.25, 0.3) is 0 Å². The van der Waals surface area contributed by atoms with E-state index in [0.717, 1.165) is 32.1 Å². The molecule has 3 rings (SSSR count). The number of aliphatic hydroxyl groups excluding tert-OH is 1. The highest BCUT2D eigenvalue weighted by Crippen LogP contribution is 2.60. The number of fused-ring (bicyclic) bond motifs is 3. The van der Waals surface area contributed by atoms with Gasteiger partial charge in [0, 0.05) is 13.0 Å². The van der Waals surface area contributed by atoms with Crippen LogP contribution in [0.1, 0.15) is 52.4 Å². The van der Waals surface area contributed by atoms with Crippen LogP contribution in [-0.2, 0) is 4.79 Å². The molecule has 0 aromatic carbocycles. The summed E-state index contributed by atoms with van der Waals surface area (Å²) >= 11 is 0. The van der Waals surface area contributed by atoms with Crippen molar-refractivity contribution in [3.63, 3.8) is 0 Å². The topological polar surface area (TPSA) is 37.3 Å². The zero-order valence-electron chi connectivity index (χ0n) is 12.0. The molecule has 0 saturated heterocycles. The average molecular weight is 260 g/mol. The van der Waals surface area contributed by atoms with Gasteiger partial charge in [0.2, 0.25) is 0 Å². The number of allylic oxidation sites excluding steroid dienone is 4. The van der Waals surface area contributed by atoms with E-state index in [1.165, 1.54) is 11.1 Å². The smallest absolute Gasteiger partial charge is 0.156 e. The lowest BCUT2D eigenvalue weighted by atomic mass is 9.49. The average Bonchev–Trinajstić information content (AvgIpc) is 2.39. The molecule has 3 atom stereocenters. The molecule has 0 spiro atoms. The summed E-state index contributed by atoms with van der Waals surface area (Å²) in [5.74, 6) is 0.755. The van der Waals surface area contributed by atoms with Crippen molar-refractivity contribution >= 4 is 5.78 Å². The number of rotatable bonds is 1. The number of carbonyl (C=O) groups is 1. The molecule has 0 bridgehead atoms. The minimum absolute atomic E-state index is 0.0103. The van der Waals surface area contributed by atoms with Crippen LogP contribution in [0.2, 0.25) is 0 Å². The summed E-state index contributed by atoms with van der Waals surface area (Å²) in [6.07, 6.45) is 10.3. The van der Waals surface area contributed by atoms with E-state index in [1.807, 2.05) is 6.08 Å².